The van der Waals surface area contributed by atoms with Crippen molar-refractivity contribution in [3.05, 3.63) is 78.5 Å². The zero-order chi connectivity index (χ0) is 24.4. The number of anilines is 3. The Hall–Kier alpha value is -4.67. The highest BCUT2D eigenvalue weighted by molar-refractivity contribution is 5.85. The molecule has 0 fully saturated rings. The normalized spacial score (nSPS) is 11.4. The molecule has 0 aliphatic rings. The van der Waals surface area contributed by atoms with Crippen LogP contribution in [-0.4, -0.2) is 32.2 Å². The third kappa shape index (κ3) is 4.83. The van der Waals surface area contributed by atoms with E-state index in [0.29, 0.717) is 23.3 Å². The molecule has 5 aromatic rings. The predicted octanol–water partition coefficient (Wildman–Crippen LogP) is 6.01. The Morgan fingerprint density at radius 2 is 1.71 bits per heavy atom. The van der Waals surface area contributed by atoms with Crippen LogP contribution >= 0.6 is 0 Å². The molecule has 35 heavy (non-hydrogen) atoms. The second-order valence-corrected chi connectivity index (χ2v) is 7.47. The molecule has 3 aromatic carbocycles. The predicted molar refractivity (Wildman–Crippen MR) is 126 cm³/mol. The van der Waals surface area contributed by atoms with Crippen LogP contribution in [-0.2, 0) is 6.18 Å². The summed E-state index contributed by atoms with van der Waals surface area (Å²) >= 11 is 0. The van der Waals surface area contributed by atoms with E-state index in [1.807, 2.05) is 18.2 Å². The number of H-pyrrole nitrogens is 1. The molecular weight excluding hydrogens is 459 g/mol. The van der Waals surface area contributed by atoms with Gasteiger partial charge in [0.15, 0.2) is 5.82 Å². The minimum Gasteiger partial charge on any atom is -0.457 e. The molecule has 8 nitrogen and oxygen atoms in total. The lowest BCUT2D eigenvalue weighted by Crippen LogP contribution is -2.05. The van der Waals surface area contributed by atoms with E-state index < -0.39 is 11.7 Å². The van der Waals surface area contributed by atoms with Gasteiger partial charge in [0.1, 0.15) is 11.5 Å². The van der Waals surface area contributed by atoms with Gasteiger partial charge in [-0.05, 0) is 54.6 Å². The number of alkyl halides is 3. The molecule has 0 atom stereocenters. The number of fused-ring (bicyclic) bond motifs is 1. The molecule has 2 aromatic heterocycles. The summed E-state index contributed by atoms with van der Waals surface area (Å²) < 4.78 is 44.8. The van der Waals surface area contributed by atoms with Gasteiger partial charge in [-0.2, -0.15) is 18.2 Å². The van der Waals surface area contributed by atoms with Crippen LogP contribution in [0.4, 0.5) is 30.8 Å². The quantitative estimate of drug-likeness (QED) is 0.275. The van der Waals surface area contributed by atoms with Gasteiger partial charge in [0.05, 0.1) is 16.5 Å². The summed E-state index contributed by atoms with van der Waals surface area (Å²) in [5.74, 6) is 2.33. The Balaban J connectivity index is 1.31. The molecule has 11 heteroatoms. The average molecular weight is 477 g/mol. The third-order valence-corrected chi connectivity index (χ3v) is 5.10. The lowest BCUT2D eigenvalue weighted by atomic mass is 10.2. The van der Waals surface area contributed by atoms with E-state index in [0.717, 1.165) is 28.6 Å². The van der Waals surface area contributed by atoms with Crippen molar-refractivity contribution in [3.63, 3.8) is 0 Å². The van der Waals surface area contributed by atoms with E-state index in [2.05, 4.69) is 35.8 Å². The molecule has 0 radical (unpaired) electrons. The van der Waals surface area contributed by atoms with Crippen molar-refractivity contribution >= 4 is 28.5 Å². The first-order chi connectivity index (χ1) is 16.9. The van der Waals surface area contributed by atoms with Crippen molar-refractivity contribution in [1.82, 2.24) is 25.1 Å². The van der Waals surface area contributed by atoms with Crippen molar-refractivity contribution < 1.29 is 17.9 Å². The summed E-state index contributed by atoms with van der Waals surface area (Å²) in [5.41, 5.74) is 0.951. The molecule has 0 spiro atoms. The van der Waals surface area contributed by atoms with Crippen molar-refractivity contribution in [2.45, 2.75) is 6.18 Å². The van der Waals surface area contributed by atoms with Crippen LogP contribution in [0.1, 0.15) is 5.56 Å². The molecule has 5 rings (SSSR count). The van der Waals surface area contributed by atoms with Crippen LogP contribution in [0, 0.1) is 0 Å². The number of benzene rings is 3. The third-order valence-electron chi connectivity index (χ3n) is 5.10. The van der Waals surface area contributed by atoms with Crippen LogP contribution in [0.25, 0.3) is 22.3 Å². The second-order valence-electron chi connectivity index (χ2n) is 7.47. The standard InChI is InChI=1S/C24H18F3N7O/c1-28-22-29-13-18-19(31-22)6-3-7-20(18)35-17-10-8-14(9-11-17)21-32-23(34-33-21)30-16-5-2-4-15(12-16)24(25,26)27/h2-13H,1H3,(H,28,29,31)(H2,30,32,33,34). The maximum Gasteiger partial charge on any atom is 0.416 e. The van der Waals surface area contributed by atoms with E-state index in [4.69, 9.17) is 4.74 Å². The summed E-state index contributed by atoms with van der Waals surface area (Å²) in [4.78, 5) is 13.0. The van der Waals surface area contributed by atoms with Gasteiger partial charge in [-0.25, -0.2) is 9.97 Å². The fraction of sp³-hybridized carbons (Fsp3) is 0.0833. The summed E-state index contributed by atoms with van der Waals surface area (Å²) in [6.45, 7) is 0. The van der Waals surface area contributed by atoms with E-state index in [1.165, 1.54) is 12.1 Å². The smallest absolute Gasteiger partial charge is 0.416 e. The first-order valence-corrected chi connectivity index (χ1v) is 10.5. The van der Waals surface area contributed by atoms with Gasteiger partial charge >= 0.3 is 6.18 Å². The number of ether oxygens (including phenoxy) is 1. The molecule has 3 N–H and O–H groups in total. The Kier molecular flexibility index (Phi) is 5.65. The molecular formula is C24H18F3N7O. The van der Waals surface area contributed by atoms with Crippen molar-refractivity contribution in [1.29, 1.82) is 0 Å². The monoisotopic (exact) mass is 477 g/mol. The Morgan fingerprint density at radius 1 is 0.914 bits per heavy atom. The molecule has 0 unspecified atom stereocenters. The fourth-order valence-corrected chi connectivity index (χ4v) is 3.39. The van der Waals surface area contributed by atoms with Gasteiger partial charge in [0, 0.05) is 24.5 Å². The first-order valence-electron chi connectivity index (χ1n) is 10.5. The van der Waals surface area contributed by atoms with Gasteiger partial charge in [0.2, 0.25) is 11.9 Å². The Labute approximate surface area is 197 Å². The van der Waals surface area contributed by atoms with Crippen LogP contribution < -0.4 is 15.4 Å². The van der Waals surface area contributed by atoms with Crippen molar-refractivity contribution in [2.24, 2.45) is 0 Å². The number of nitrogens with zero attached hydrogens (tertiary/aromatic N) is 4. The number of hydrogen-bond acceptors (Lipinski definition) is 7. The molecule has 0 saturated heterocycles. The molecule has 0 saturated carbocycles. The molecule has 0 bridgehead atoms. The summed E-state index contributed by atoms with van der Waals surface area (Å²) in [5, 5.41) is 13.3. The summed E-state index contributed by atoms with van der Waals surface area (Å²) in [6.07, 6.45) is -2.73. The largest absolute Gasteiger partial charge is 0.457 e. The first kappa shape index (κ1) is 22.1. The number of halogens is 3. The lowest BCUT2D eigenvalue weighted by molar-refractivity contribution is -0.137. The van der Waals surface area contributed by atoms with E-state index >= 15 is 0 Å². The second kappa shape index (κ2) is 8.93. The number of hydrogen-bond donors (Lipinski definition) is 3. The number of rotatable bonds is 6. The lowest BCUT2D eigenvalue weighted by Gasteiger charge is -2.09. The number of nitrogens with one attached hydrogen (secondary N) is 3. The van der Waals surface area contributed by atoms with Crippen LogP contribution in [0.2, 0.25) is 0 Å². The van der Waals surface area contributed by atoms with E-state index in [1.54, 1.807) is 37.5 Å². The van der Waals surface area contributed by atoms with Crippen LogP contribution in [0.15, 0.2) is 72.9 Å². The van der Waals surface area contributed by atoms with Gasteiger partial charge in [-0.15, -0.1) is 5.10 Å². The summed E-state index contributed by atoms with van der Waals surface area (Å²) in [7, 11) is 1.75. The minimum absolute atomic E-state index is 0.149. The highest BCUT2D eigenvalue weighted by atomic mass is 19.4. The number of aromatic amines is 1. The van der Waals surface area contributed by atoms with Crippen LogP contribution in [0.3, 0.4) is 0 Å². The minimum atomic E-state index is -4.43. The Bertz CT molecular complexity index is 1480. The zero-order valence-electron chi connectivity index (χ0n) is 18.3. The van der Waals surface area contributed by atoms with Gasteiger partial charge in [0.25, 0.3) is 0 Å². The van der Waals surface area contributed by atoms with Gasteiger partial charge in [-0.1, -0.05) is 12.1 Å². The topological polar surface area (TPSA) is 101 Å². The average Bonchev–Trinajstić information content (AvgIpc) is 3.32. The van der Waals surface area contributed by atoms with Crippen LogP contribution in [0.5, 0.6) is 11.5 Å². The summed E-state index contributed by atoms with van der Waals surface area (Å²) in [6, 6.07) is 17.5. The molecule has 176 valence electrons. The highest BCUT2D eigenvalue weighted by Crippen LogP contribution is 2.32. The maximum atomic E-state index is 12.9. The van der Waals surface area contributed by atoms with E-state index in [-0.39, 0.29) is 11.6 Å². The maximum absolute atomic E-state index is 12.9. The molecule has 0 aliphatic carbocycles. The van der Waals surface area contributed by atoms with Gasteiger partial charge < -0.3 is 15.4 Å². The zero-order valence-corrected chi connectivity index (χ0v) is 18.3. The van der Waals surface area contributed by atoms with Crippen molar-refractivity contribution in [3.8, 4) is 22.9 Å². The Morgan fingerprint density at radius 3 is 2.49 bits per heavy atom. The molecule has 0 aliphatic heterocycles. The SMILES string of the molecule is CNc1ncc2c(Oc3ccc(-c4nc(Nc5cccc(C(F)(F)F)c5)n[nH]4)cc3)cccc2n1. The van der Waals surface area contributed by atoms with Crippen molar-refractivity contribution in [2.75, 3.05) is 17.7 Å². The van der Waals surface area contributed by atoms with E-state index in [9.17, 15) is 13.2 Å². The number of aromatic nitrogens is 5. The molecule has 2 heterocycles. The highest BCUT2D eigenvalue weighted by Gasteiger charge is 2.30. The molecule has 0 amide bonds. The van der Waals surface area contributed by atoms with Gasteiger partial charge in [-0.3, -0.25) is 5.10 Å². The fourth-order valence-electron chi connectivity index (χ4n) is 3.39.